The molecule has 696 valence electrons. The number of hydrogen-bond donors (Lipinski definition) is 4. The second kappa shape index (κ2) is 51.3. The summed E-state index contributed by atoms with van der Waals surface area (Å²) in [5.74, 6) is -0.494. The number of nitriles is 1. The van der Waals surface area contributed by atoms with Crippen molar-refractivity contribution in [1.82, 2.24) is 64.8 Å². The van der Waals surface area contributed by atoms with Crippen molar-refractivity contribution < 1.29 is 47.4 Å². The van der Waals surface area contributed by atoms with Gasteiger partial charge in [0.2, 0.25) is 0 Å². The average Bonchev–Trinajstić information content (AvgIpc) is 0.774. The molecule has 0 bridgehead atoms. The van der Waals surface area contributed by atoms with Gasteiger partial charge in [-0.25, -0.2) is 9.37 Å². The molecule has 3 aromatic carbocycles. The number of pyridine rings is 3. The molecule has 0 aliphatic carbocycles. The Bertz CT molecular complexity index is 4010. The average molecular weight is 1740 g/mol. The number of hydrogen-bond acceptors (Lipinski definition) is 29. The van der Waals surface area contributed by atoms with Crippen molar-refractivity contribution in [3.8, 4) is 6.07 Å². The highest BCUT2D eigenvalue weighted by molar-refractivity contribution is 5.49. The van der Waals surface area contributed by atoms with Crippen LogP contribution in [-0.4, -0.2) is 348 Å². The van der Waals surface area contributed by atoms with Gasteiger partial charge in [0.25, 0.3) is 0 Å². The lowest BCUT2D eigenvalue weighted by atomic mass is 9.94. The van der Waals surface area contributed by atoms with Gasteiger partial charge in [0.05, 0.1) is 107 Å². The minimum atomic E-state index is -0.681. The Balaban J connectivity index is 0.000000223. The van der Waals surface area contributed by atoms with E-state index in [0.29, 0.717) is 37.8 Å². The predicted octanol–water partition coefficient (Wildman–Crippen LogP) is 9.77. The van der Waals surface area contributed by atoms with Crippen molar-refractivity contribution >= 4 is 28.8 Å². The van der Waals surface area contributed by atoms with Gasteiger partial charge in [0.1, 0.15) is 5.82 Å². The fourth-order valence-corrected chi connectivity index (χ4v) is 13.9. The van der Waals surface area contributed by atoms with Crippen LogP contribution in [-0.2, 0) is 52.8 Å². The molecule has 7 fully saturated rings. The van der Waals surface area contributed by atoms with Gasteiger partial charge >= 0.3 is 11.6 Å². The molecule has 3 aromatic heterocycles. The fourth-order valence-electron chi connectivity index (χ4n) is 13.9. The third kappa shape index (κ3) is 34.9. The Hall–Kier alpha value is -7.99. The number of rotatable bonds is 21. The van der Waals surface area contributed by atoms with Crippen LogP contribution in [0.2, 0.25) is 0 Å². The molecule has 7 unspecified atom stereocenters. The third-order valence-corrected chi connectivity index (χ3v) is 25.2. The first-order chi connectivity index (χ1) is 59.0. The number of benzene rings is 3. The van der Waals surface area contributed by atoms with Crippen LogP contribution in [0.5, 0.6) is 0 Å². The van der Waals surface area contributed by atoms with Crippen molar-refractivity contribution in [3.63, 3.8) is 0 Å². The molecular formula is C93H151FN20O11. The van der Waals surface area contributed by atoms with Crippen LogP contribution < -0.4 is 31.9 Å². The number of anilines is 3. The summed E-state index contributed by atoms with van der Waals surface area (Å²) in [6.45, 7) is 47.1. The quantitative estimate of drug-likeness (QED) is 0.0384. The van der Waals surface area contributed by atoms with Gasteiger partial charge in [0, 0.05) is 157 Å². The van der Waals surface area contributed by atoms with Gasteiger partial charge in [0.15, 0.2) is 24.3 Å². The summed E-state index contributed by atoms with van der Waals surface area (Å²) in [5.41, 5.74) is 17.7. The number of nitrogen functional groups attached to an aromatic ring is 1. The molecule has 32 heteroatoms. The molecule has 0 radical (unpaired) electrons. The summed E-state index contributed by atoms with van der Waals surface area (Å²) >= 11 is 0. The van der Waals surface area contributed by atoms with Crippen molar-refractivity contribution in [2.24, 2.45) is 5.73 Å². The second-order valence-corrected chi connectivity index (χ2v) is 36.8. The summed E-state index contributed by atoms with van der Waals surface area (Å²) in [7, 11) is 20.9. The molecular weight excluding hydrogens is 1590 g/mol. The summed E-state index contributed by atoms with van der Waals surface area (Å²) < 4.78 is 52.3. The zero-order chi connectivity index (χ0) is 92.3. The zero-order valence-electron chi connectivity index (χ0n) is 79.0. The van der Waals surface area contributed by atoms with E-state index in [1.165, 1.54) is 22.8 Å². The van der Waals surface area contributed by atoms with Crippen LogP contribution >= 0.6 is 0 Å². The molecule has 7 aliphatic rings. The first-order valence-corrected chi connectivity index (χ1v) is 43.6. The molecule has 31 nitrogen and oxygen atoms in total. The van der Waals surface area contributed by atoms with Crippen molar-refractivity contribution in [2.45, 2.75) is 179 Å². The van der Waals surface area contributed by atoms with Crippen LogP contribution in [0.3, 0.4) is 0 Å². The summed E-state index contributed by atoms with van der Waals surface area (Å²) in [6, 6.07) is 42.7. The monoisotopic (exact) mass is 1740 g/mol. The topological polar surface area (TPSA) is 322 Å². The smallest absolute Gasteiger partial charge is 0.363 e. The molecule has 0 spiro atoms. The molecule has 0 saturated carbocycles. The minimum Gasteiger partial charge on any atom is -0.384 e. The Morgan fingerprint density at radius 3 is 1.06 bits per heavy atom. The standard InChI is InChI=1S/C16H26N2O.C14H22N4O3.C14H24N4O.C14H22N2O.C12H14N2O.2C9H20N2O.C5H3FN2O2/c1-16(2,17(3)4)15-13-18(10-11-19-15)12-14-8-6-5-7-9-14;1-14(2,16(3)4)12-10-17(7-8-21-12)11-5-6-13(15-9-11)18(19)20;1-14(2,17(3)4)12-10-18(7-8-19-12)11-5-6-13(15)16-9-11;1-14(2,15)13-11-16(8-9-17-13)10-12-6-4-3-5-7-12;13-8-12-10-14(6-7-15-12)9-11-4-2-1-3-5-11;2*1-9(2,11(3)4)8-7-10-5-6-12-8;6-4-1-2-5(7-3-4)8(9)10/h5-9,15H,10-13H2,1-4H3;5-6,9,12H,7-8,10H2,1-4H3;5-6,9,12H,7-8,10H2,1-4H3,(H2,15,16);3-7,13H,8-11,15H2,1-2H3;1-5,12H,6-7,9-10H2;2*8,10H,5-7H2,1-4H3;1-3H. The van der Waals surface area contributed by atoms with E-state index < -0.39 is 15.7 Å². The van der Waals surface area contributed by atoms with Gasteiger partial charge in [-0.3, -0.25) is 14.7 Å². The first kappa shape index (κ1) is 106. The lowest BCUT2D eigenvalue weighted by molar-refractivity contribution is -0.389. The molecule has 125 heavy (non-hydrogen) atoms. The predicted molar refractivity (Wildman–Crippen MR) is 497 cm³/mol. The van der Waals surface area contributed by atoms with Gasteiger partial charge in [-0.2, -0.15) is 5.26 Å². The van der Waals surface area contributed by atoms with Crippen LogP contribution in [0.15, 0.2) is 146 Å². The van der Waals surface area contributed by atoms with Crippen molar-refractivity contribution in [1.29, 1.82) is 5.26 Å². The normalized spacial score (nSPS) is 21.4. The van der Waals surface area contributed by atoms with Gasteiger partial charge in [-0.15, -0.1) is 0 Å². The molecule has 7 saturated heterocycles. The second-order valence-electron chi connectivity index (χ2n) is 36.8. The molecule has 7 atom stereocenters. The molecule has 7 aliphatic heterocycles. The van der Waals surface area contributed by atoms with E-state index in [-0.39, 0.29) is 75.4 Å². The summed E-state index contributed by atoms with van der Waals surface area (Å²) in [4.78, 5) is 53.3. The zero-order valence-corrected chi connectivity index (χ0v) is 79.0. The first-order valence-electron chi connectivity index (χ1n) is 43.6. The Kier molecular flexibility index (Phi) is 43.4. The Morgan fingerprint density at radius 1 is 0.424 bits per heavy atom. The van der Waals surface area contributed by atoms with E-state index >= 15 is 0 Å². The Morgan fingerprint density at radius 2 is 0.744 bits per heavy atom. The van der Waals surface area contributed by atoms with Crippen molar-refractivity contribution in [3.05, 3.63) is 189 Å². The van der Waals surface area contributed by atoms with Crippen LogP contribution in [0.25, 0.3) is 0 Å². The molecule has 13 rings (SSSR count). The molecule has 0 amide bonds. The lowest BCUT2D eigenvalue weighted by Crippen LogP contribution is -2.57. The van der Waals surface area contributed by atoms with E-state index in [9.17, 15) is 24.6 Å². The number of likely N-dealkylation sites (N-methyl/N-ethyl adjacent to an activating group) is 5. The Labute approximate surface area is 745 Å². The minimum absolute atomic E-state index is 0.0000926. The number of nitrogens with one attached hydrogen (secondary N) is 2. The largest absolute Gasteiger partial charge is 0.384 e. The van der Waals surface area contributed by atoms with E-state index in [0.717, 1.165) is 167 Å². The van der Waals surface area contributed by atoms with E-state index in [1.807, 2.05) is 64.5 Å². The summed E-state index contributed by atoms with van der Waals surface area (Å²) in [6.07, 6.45) is 5.18. The third-order valence-electron chi connectivity index (χ3n) is 25.2. The maximum absolute atomic E-state index is 12.1. The number of ether oxygens (including phenoxy) is 7. The molecule has 10 heterocycles. The highest BCUT2D eigenvalue weighted by Gasteiger charge is 2.41. The van der Waals surface area contributed by atoms with Crippen LogP contribution in [0.1, 0.15) is 99.8 Å². The number of aromatic nitrogens is 3. The number of nitrogens with zero attached hydrogens (tertiary/aromatic N) is 16. The van der Waals surface area contributed by atoms with E-state index in [4.69, 9.17) is 49.9 Å². The lowest BCUT2D eigenvalue weighted by Gasteiger charge is -2.45. The maximum Gasteiger partial charge on any atom is 0.363 e. The number of nitrogens with two attached hydrogens (primary N) is 2. The van der Waals surface area contributed by atoms with Crippen molar-refractivity contribution in [2.75, 3.05) is 224 Å². The van der Waals surface area contributed by atoms with E-state index in [1.54, 1.807) is 12.3 Å². The SMILES string of the molecule is CC(C)(N)C1CN(Cc2ccccc2)CCO1.CN(C)C(C)(C)C1CN(Cc2ccccc2)CCO1.CN(C)C(C)(C)C1CN(c2ccc(N)nc2)CCO1.CN(C)C(C)(C)C1CN(c2ccc([N+](=O)[O-])nc2)CCO1.CN(C)C(C)(C)C1CNCCO1.CN(C)C(C)(C)C1CNCCO1.N#CC1CN(Cc2ccccc2)CCO1.O=[N+]([O-])c1ccc(F)cn1. The number of morpholine rings is 7. The maximum atomic E-state index is 12.1. The van der Waals surface area contributed by atoms with Gasteiger partial charge < -0.3 is 110 Å². The van der Waals surface area contributed by atoms with Crippen LogP contribution in [0.4, 0.5) is 33.2 Å². The van der Waals surface area contributed by atoms with Crippen LogP contribution in [0, 0.1) is 37.4 Å². The van der Waals surface area contributed by atoms with Gasteiger partial charge in [-0.05, 0) is 214 Å². The van der Waals surface area contributed by atoms with E-state index in [2.05, 4.69) is 279 Å². The fraction of sp³-hybridized carbons (Fsp3) is 0.634. The highest BCUT2D eigenvalue weighted by atomic mass is 19.1. The molecule has 6 aromatic rings. The summed E-state index contributed by atoms with van der Waals surface area (Å²) in [5, 5.41) is 36.0. The number of nitro groups is 2. The highest BCUT2D eigenvalue weighted by Crippen LogP contribution is 2.30. The number of halogens is 1. The van der Waals surface area contributed by atoms with Gasteiger partial charge in [-0.1, -0.05) is 91.0 Å². The molecule has 6 N–H and O–H groups in total.